The summed E-state index contributed by atoms with van der Waals surface area (Å²) in [5, 5.41) is 11.3. The Labute approximate surface area is 217 Å². The van der Waals surface area contributed by atoms with Crippen molar-refractivity contribution in [2.45, 2.75) is 38.8 Å². The number of carbonyl (C=O) groups excluding carboxylic acids is 2. The first kappa shape index (κ1) is 24.6. The van der Waals surface area contributed by atoms with E-state index < -0.39 is 0 Å². The molecule has 0 aliphatic carbocycles. The Kier molecular flexibility index (Phi) is 7.00. The lowest BCUT2D eigenvalue weighted by Gasteiger charge is -2.37. The molecule has 37 heavy (non-hydrogen) atoms. The number of hydrogen-bond donors (Lipinski definition) is 2. The fourth-order valence-corrected chi connectivity index (χ4v) is 5.45. The molecule has 0 radical (unpaired) electrons. The normalized spacial score (nSPS) is 17.5. The van der Waals surface area contributed by atoms with Gasteiger partial charge in [-0.3, -0.25) is 19.4 Å². The van der Waals surface area contributed by atoms with Crippen LogP contribution in [0.15, 0.2) is 59.4 Å². The Hall–Kier alpha value is -4.05. The van der Waals surface area contributed by atoms with Crippen LogP contribution in [0.5, 0.6) is 5.75 Å². The first-order valence-corrected chi connectivity index (χ1v) is 12.9. The first-order valence-electron chi connectivity index (χ1n) is 12.1. The average Bonchev–Trinajstić information content (AvgIpc) is 3.33. The van der Waals surface area contributed by atoms with Crippen LogP contribution < -0.4 is 14.9 Å². The number of benzene rings is 2. The molecule has 2 unspecified atom stereocenters. The smallest absolute Gasteiger partial charge is 0.322 e. The zero-order valence-corrected chi connectivity index (χ0v) is 21.4. The number of nitrogens with zero attached hydrogens (tertiary/aromatic N) is 3. The standard InChI is InChI=1S/C27H27N5O4S/c1-16-13-19(21-5-3-4-6-23(21)28-16)15-36-20-9-7-18(8-10-20)25(34)29-24-11-12-32(17(2)33)14-22(24)26-30-31-27(35)37-26/h3-10,13,22,24H,11-12,14-15H2,1-2H3,(H,29,34)(H,31,35). The first-order chi connectivity index (χ1) is 17.9. The number of carbonyl (C=O) groups is 2. The second kappa shape index (κ2) is 10.5. The molecule has 0 saturated carbocycles. The molecule has 2 amide bonds. The third-order valence-electron chi connectivity index (χ3n) is 6.59. The van der Waals surface area contributed by atoms with E-state index in [1.165, 1.54) is 6.92 Å². The molecule has 10 heteroatoms. The van der Waals surface area contributed by atoms with Crippen molar-refractivity contribution in [1.82, 2.24) is 25.4 Å². The Morgan fingerprint density at radius 2 is 1.97 bits per heavy atom. The molecular formula is C27H27N5O4S. The lowest BCUT2D eigenvalue weighted by Crippen LogP contribution is -2.50. The van der Waals surface area contributed by atoms with Crippen LogP contribution in [-0.2, 0) is 11.4 Å². The maximum Gasteiger partial charge on any atom is 0.322 e. The van der Waals surface area contributed by atoms with Crippen molar-refractivity contribution in [1.29, 1.82) is 0 Å². The molecule has 9 nitrogen and oxygen atoms in total. The molecule has 5 rings (SSSR count). The van der Waals surface area contributed by atoms with Crippen molar-refractivity contribution in [3.05, 3.63) is 86.1 Å². The van der Waals surface area contributed by atoms with E-state index in [0.717, 1.165) is 33.5 Å². The number of aromatic amines is 1. The van der Waals surface area contributed by atoms with E-state index >= 15 is 0 Å². The summed E-state index contributed by atoms with van der Waals surface area (Å²) >= 11 is 1.01. The van der Waals surface area contributed by atoms with Crippen LogP contribution in [0.2, 0.25) is 0 Å². The second-order valence-electron chi connectivity index (χ2n) is 9.14. The topological polar surface area (TPSA) is 117 Å². The highest BCUT2D eigenvalue weighted by atomic mass is 32.1. The number of aryl methyl sites for hydroxylation is 1. The molecule has 3 heterocycles. The maximum atomic E-state index is 13.1. The highest BCUT2D eigenvalue weighted by Gasteiger charge is 2.34. The maximum absolute atomic E-state index is 13.1. The van der Waals surface area contributed by atoms with Gasteiger partial charge in [-0.2, -0.15) is 5.10 Å². The van der Waals surface area contributed by atoms with E-state index in [2.05, 4.69) is 20.5 Å². The fraction of sp³-hybridized carbons (Fsp3) is 0.296. The van der Waals surface area contributed by atoms with Crippen molar-refractivity contribution >= 4 is 34.1 Å². The third kappa shape index (κ3) is 5.54. The van der Waals surface area contributed by atoms with E-state index in [0.29, 0.717) is 42.4 Å². The number of para-hydroxylation sites is 1. The number of fused-ring (bicyclic) bond motifs is 1. The summed E-state index contributed by atoms with van der Waals surface area (Å²) in [5.41, 5.74) is 3.41. The molecule has 190 valence electrons. The van der Waals surface area contributed by atoms with Crippen LogP contribution in [-0.4, -0.2) is 51.0 Å². The summed E-state index contributed by atoms with van der Waals surface area (Å²) in [6.07, 6.45) is 0.574. The van der Waals surface area contributed by atoms with Crippen LogP contribution in [0.3, 0.4) is 0 Å². The summed E-state index contributed by atoms with van der Waals surface area (Å²) in [6, 6.07) is 16.8. The van der Waals surface area contributed by atoms with E-state index in [-0.39, 0.29) is 28.6 Å². The zero-order valence-electron chi connectivity index (χ0n) is 20.6. The monoisotopic (exact) mass is 517 g/mol. The van der Waals surface area contributed by atoms with Crippen molar-refractivity contribution in [3.8, 4) is 5.75 Å². The molecule has 0 spiro atoms. The van der Waals surface area contributed by atoms with Crippen LogP contribution in [0.1, 0.15) is 45.9 Å². The van der Waals surface area contributed by atoms with Gasteiger partial charge in [0, 0.05) is 48.3 Å². The van der Waals surface area contributed by atoms with Gasteiger partial charge < -0.3 is 15.0 Å². The summed E-state index contributed by atoms with van der Waals surface area (Å²) in [7, 11) is 0. The number of hydrogen-bond acceptors (Lipinski definition) is 7. The molecule has 1 fully saturated rings. The van der Waals surface area contributed by atoms with Crippen LogP contribution >= 0.6 is 11.3 Å². The highest BCUT2D eigenvalue weighted by molar-refractivity contribution is 7.08. The summed E-state index contributed by atoms with van der Waals surface area (Å²) in [4.78, 5) is 42.7. The number of ether oxygens (including phenoxy) is 1. The van der Waals surface area contributed by atoms with Crippen LogP contribution in [0.25, 0.3) is 10.9 Å². The number of pyridine rings is 1. The number of rotatable bonds is 6. The molecule has 2 atom stereocenters. The average molecular weight is 518 g/mol. The predicted octanol–water partition coefficient (Wildman–Crippen LogP) is 3.40. The Balaban J connectivity index is 1.25. The number of piperidine rings is 1. The highest BCUT2D eigenvalue weighted by Crippen LogP contribution is 2.28. The number of aromatic nitrogens is 3. The quantitative estimate of drug-likeness (QED) is 0.405. The molecule has 2 N–H and O–H groups in total. The third-order valence-corrected chi connectivity index (χ3v) is 7.47. The molecule has 2 aromatic heterocycles. The summed E-state index contributed by atoms with van der Waals surface area (Å²) < 4.78 is 6.01. The Bertz CT molecular complexity index is 1500. The van der Waals surface area contributed by atoms with Gasteiger partial charge in [0.2, 0.25) is 5.91 Å². The van der Waals surface area contributed by atoms with Crippen molar-refractivity contribution < 1.29 is 14.3 Å². The molecule has 1 aliphatic heterocycles. The molecule has 1 aliphatic rings. The Morgan fingerprint density at radius 1 is 1.19 bits per heavy atom. The minimum absolute atomic E-state index is 0.0387. The van der Waals surface area contributed by atoms with Crippen molar-refractivity contribution in [2.75, 3.05) is 13.1 Å². The van der Waals surface area contributed by atoms with Gasteiger partial charge in [0.1, 0.15) is 17.4 Å². The van der Waals surface area contributed by atoms with Gasteiger partial charge in [-0.15, -0.1) is 0 Å². The largest absolute Gasteiger partial charge is 0.489 e. The van der Waals surface area contributed by atoms with Crippen molar-refractivity contribution in [3.63, 3.8) is 0 Å². The van der Waals surface area contributed by atoms with Gasteiger partial charge in [0.05, 0.1) is 11.4 Å². The second-order valence-corrected chi connectivity index (χ2v) is 10.1. The minimum Gasteiger partial charge on any atom is -0.489 e. The Morgan fingerprint density at radius 3 is 2.70 bits per heavy atom. The molecular weight excluding hydrogens is 490 g/mol. The lowest BCUT2D eigenvalue weighted by molar-refractivity contribution is -0.130. The number of likely N-dealkylation sites (tertiary alicyclic amines) is 1. The number of H-pyrrole nitrogens is 1. The number of amides is 2. The molecule has 0 bridgehead atoms. The predicted molar refractivity (Wildman–Crippen MR) is 141 cm³/mol. The van der Waals surface area contributed by atoms with Gasteiger partial charge in [-0.1, -0.05) is 29.5 Å². The summed E-state index contributed by atoms with van der Waals surface area (Å²) in [6.45, 7) is 4.80. The van der Waals surface area contributed by atoms with E-state index in [1.807, 2.05) is 37.3 Å². The van der Waals surface area contributed by atoms with Gasteiger partial charge in [-0.25, -0.2) is 5.10 Å². The zero-order chi connectivity index (χ0) is 25.9. The van der Waals surface area contributed by atoms with E-state index in [1.54, 1.807) is 29.2 Å². The number of nitrogens with one attached hydrogen (secondary N) is 2. The van der Waals surface area contributed by atoms with Crippen LogP contribution in [0.4, 0.5) is 0 Å². The van der Waals surface area contributed by atoms with Crippen molar-refractivity contribution in [2.24, 2.45) is 0 Å². The van der Waals surface area contributed by atoms with E-state index in [9.17, 15) is 14.4 Å². The van der Waals surface area contributed by atoms with Crippen LogP contribution in [0, 0.1) is 6.92 Å². The fourth-order valence-electron chi connectivity index (χ4n) is 4.69. The van der Waals surface area contributed by atoms with Gasteiger partial charge in [0.25, 0.3) is 5.91 Å². The van der Waals surface area contributed by atoms with Gasteiger partial charge in [-0.05, 0) is 49.7 Å². The molecule has 1 saturated heterocycles. The molecule has 2 aromatic carbocycles. The van der Waals surface area contributed by atoms with Gasteiger partial charge >= 0.3 is 4.87 Å². The lowest BCUT2D eigenvalue weighted by atomic mass is 9.92. The van der Waals surface area contributed by atoms with E-state index in [4.69, 9.17) is 4.74 Å². The minimum atomic E-state index is -0.259. The summed E-state index contributed by atoms with van der Waals surface area (Å²) in [5.74, 6) is 0.135. The van der Waals surface area contributed by atoms with Gasteiger partial charge in [0.15, 0.2) is 0 Å². The molecule has 4 aromatic rings. The SMILES string of the molecule is CC(=O)N1CCC(NC(=O)c2ccc(OCc3cc(C)nc4ccccc34)cc2)C(c2n[nH]c(=O)s2)C1.